The van der Waals surface area contributed by atoms with E-state index in [1.165, 1.54) is 25.1 Å². The maximum Gasteiger partial charge on any atom is 0.405 e. The lowest BCUT2D eigenvalue weighted by molar-refractivity contribution is -0.122. The van der Waals surface area contributed by atoms with Crippen LogP contribution in [0.15, 0.2) is 18.2 Å². The molecular weight excluding hydrogens is 407 g/mol. The smallest absolute Gasteiger partial charge is 0.405 e. The van der Waals surface area contributed by atoms with Crippen molar-refractivity contribution in [1.29, 1.82) is 0 Å². The van der Waals surface area contributed by atoms with Crippen molar-refractivity contribution >= 4 is 40.1 Å². The van der Waals surface area contributed by atoms with Crippen molar-refractivity contribution in [3.05, 3.63) is 29.5 Å². The van der Waals surface area contributed by atoms with Crippen LogP contribution in [0.4, 0.5) is 24.5 Å². The van der Waals surface area contributed by atoms with Crippen LogP contribution in [0, 0.1) is 0 Å². The highest BCUT2D eigenvalue weighted by Crippen LogP contribution is 2.37. The normalized spacial score (nSPS) is 16.5. The van der Waals surface area contributed by atoms with E-state index in [-0.39, 0.29) is 40.0 Å². The van der Waals surface area contributed by atoms with Gasteiger partial charge in [-0.2, -0.15) is 13.2 Å². The van der Waals surface area contributed by atoms with Gasteiger partial charge in [-0.05, 0) is 25.1 Å². The maximum absolute atomic E-state index is 13.2. The number of nitrogens with zero attached hydrogens (tertiary/aromatic N) is 2. The molecule has 0 bridgehead atoms. The van der Waals surface area contributed by atoms with Crippen molar-refractivity contribution in [3.8, 4) is 0 Å². The number of aromatic nitrogens is 1. The van der Waals surface area contributed by atoms with Gasteiger partial charge in [0, 0.05) is 17.8 Å². The van der Waals surface area contributed by atoms with Gasteiger partial charge in [0.2, 0.25) is 5.91 Å². The third-order valence-corrected chi connectivity index (χ3v) is 4.67. The number of carbonyl (C=O) groups excluding carboxylic acids is 3. The second-order valence-corrected chi connectivity index (χ2v) is 6.77. The van der Waals surface area contributed by atoms with Gasteiger partial charge in [-0.1, -0.05) is 0 Å². The zero-order valence-corrected chi connectivity index (χ0v) is 16.3. The van der Waals surface area contributed by atoms with E-state index in [0.29, 0.717) is 0 Å². The number of carbonyl (C=O) groups is 3. The van der Waals surface area contributed by atoms with E-state index in [0.717, 1.165) is 19.1 Å². The molecule has 2 aromatic rings. The molecular formula is C19H18F3N3O5. The molecule has 1 aliphatic rings. The molecule has 0 fully saturated rings. The molecule has 0 saturated carbocycles. The molecule has 0 spiro atoms. The molecule has 2 heterocycles. The van der Waals surface area contributed by atoms with Gasteiger partial charge in [0.1, 0.15) is 12.2 Å². The van der Waals surface area contributed by atoms with Crippen LogP contribution in [0.1, 0.15) is 34.2 Å². The zero-order valence-electron chi connectivity index (χ0n) is 16.3. The Balaban J connectivity index is 2.30. The number of alkyl halides is 3. The van der Waals surface area contributed by atoms with Crippen LogP contribution >= 0.6 is 0 Å². The quantitative estimate of drug-likeness (QED) is 0.755. The molecule has 1 aromatic carbocycles. The zero-order chi connectivity index (χ0) is 22.2. The number of amides is 1. The van der Waals surface area contributed by atoms with Crippen LogP contribution in [-0.2, 0) is 14.3 Å². The molecule has 1 aromatic heterocycles. The second kappa shape index (κ2) is 7.81. The summed E-state index contributed by atoms with van der Waals surface area (Å²) in [5.41, 5.74) is -0.00649. The number of esters is 2. The molecule has 8 nitrogen and oxygen atoms in total. The van der Waals surface area contributed by atoms with E-state index in [2.05, 4.69) is 15.0 Å². The Bertz CT molecular complexity index is 1040. The van der Waals surface area contributed by atoms with Crippen molar-refractivity contribution in [1.82, 2.24) is 4.98 Å². The summed E-state index contributed by atoms with van der Waals surface area (Å²) in [4.78, 5) is 41.6. The van der Waals surface area contributed by atoms with Crippen molar-refractivity contribution in [2.45, 2.75) is 25.6 Å². The number of ether oxygens (including phenoxy) is 2. The summed E-state index contributed by atoms with van der Waals surface area (Å²) >= 11 is 0. The van der Waals surface area contributed by atoms with E-state index in [4.69, 9.17) is 4.74 Å². The average Bonchev–Trinajstić information content (AvgIpc) is 2.78. The Hall–Kier alpha value is -3.37. The Morgan fingerprint density at radius 1 is 1.20 bits per heavy atom. The van der Waals surface area contributed by atoms with E-state index in [1.807, 2.05) is 0 Å². The minimum absolute atomic E-state index is 0.0420. The summed E-state index contributed by atoms with van der Waals surface area (Å²) < 4.78 is 49.0. The molecule has 30 heavy (non-hydrogen) atoms. The summed E-state index contributed by atoms with van der Waals surface area (Å²) in [6, 6.07) is 3.07. The first-order valence-electron chi connectivity index (χ1n) is 8.82. The van der Waals surface area contributed by atoms with Gasteiger partial charge >= 0.3 is 18.1 Å². The number of fused-ring (bicyclic) bond motifs is 2. The molecule has 11 heteroatoms. The lowest BCUT2D eigenvalue weighted by Gasteiger charge is -2.30. The average molecular weight is 425 g/mol. The van der Waals surface area contributed by atoms with Gasteiger partial charge in [0.05, 0.1) is 36.7 Å². The number of halogens is 3. The monoisotopic (exact) mass is 425 g/mol. The molecule has 0 radical (unpaired) electrons. The summed E-state index contributed by atoms with van der Waals surface area (Å²) in [5.74, 6) is -2.08. The number of hydrogen-bond donors (Lipinski definition) is 1. The number of rotatable bonds is 3. The molecule has 0 aliphatic carbocycles. The molecule has 1 aliphatic heterocycles. The van der Waals surface area contributed by atoms with Crippen LogP contribution in [0.2, 0.25) is 0 Å². The highest BCUT2D eigenvalue weighted by Gasteiger charge is 2.36. The van der Waals surface area contributed by atoms with Gasteiger partial charge in [-0.15, -0.1) is 0 Å². The summed E-state index contributed by atoms with van der Waals surface area (Å²) in [7, 11) is 2.27. The molecule has 1 amide bonds. The van der Waals surface area contributed by atoms with Crippen LogP contribution in [-0.4, -0.2) is 55.8 Å². The maximum atomic E-state index is 13.2. The van der Waals surface area contributed by atoms with Crippen LogP contribution < -0.4 is 10.2 Å². The third kappa shape index (κ3) is 4.14. The van der Waals surface area contributed by atoms with E-state index < -0.39 is 36.6 Å². The molecule has 1 unspecified atom stereocenters. The molecule has 1 N–H and O–H groups in total. The number of pyridine rings is 1. The van der Waals surface area contributed by atoms with Crippen molar-refractivity contribution < 1.29 is 37.0 Å². The first-order valence-corrected chi connectivity index (χ1v) is 8.82. The fourth-order valence-corrected chi connectivity index (χ4v) is 3.34. The predicted molar refractivity (Wildman–Crippen MR) is 101 cm³/mol. The highest BCUT2D eigenvalue weighted by molar-refractivity contribution is 6.09. The van der Waals surface area contributed by atoms with Crippen molar-refractivity contribution in [2.24, 2.45) is 0 Å². The predicted octanol–water partition coefficient (Wildman–Crippen LogP) is 2.91. The van der Waals surface area contributed by atoms with Crippen LogP contribution in [0.5, 0.6) is 0 Å². The second-order valence-electron chi connectivity index (χ2n) is 6.77. The Morgan fingerprint density at radius 3 is 2.47 bits per heavy atom. The standard InChI is InChI=1S/C19H18F3N3O5/c1-9-4-16(26)24-13-5-10-11(17(27)29-2)6-14(18(28)30-3)23-12(10)7-15(13)25(9)8-19(20,21)22/h5-7,9H,4,8H2,1-3H3,(H,24,26). The van der Waals surface area contributed by atoms with E-state index >= 15 is 0 Å². The fourth-order valence-electron chi connectivity index (χ4n) is 3.34. The number of nitrogens with one attached hydrogen (secondary N) is 1. The van der Waals surface area contributed by atoms with Gasteiger partial charge in [0.15, 0.2) is 0 Å². The minimum Gasteiger partial charge on any atom is -0.465 e. The molecule has 160 valence electrons. The summed E-state index contributed by atoms with van der Waals surface area (Å²) in [6.07, 6.45) is -4.68. The summed E-state index contributed by atoms with van der Waals surface area (Å²) in [5, 5.41) is 2.78. The SMILES string of the molecule is COC(=O)c1cc(C(=O)OC)c2cc3c(cc2n1)N(CC(F)(F)F)C(C)CC(=O)N3. The van der Waals surface area contributed by atoms with Gasteiger partial charge in [0.25, 0.3) is 0 Å². The van der Waals surface area contributed by atoms with Gasteiger partial charge < -0.3 is 19.7 Å². The number of hydrogen-bond acceptors (Lipinski definition) is 7. The van der Waals surface area contributed by atoms with Crippen molar-refractivity contribution in [3.63, 3.8) is 0 Å². The molecule has 0 saturated heterocycles. The fraction of sp³-hybridized carbons (Fsp3) is 0.368. The number of methoxy groups -OCH3 is 2. The first kappa shape index (κ1) is 21.3. The van der Waals surface area contributed by atoms with Crippen LogP contribution in [0.3, 0.4) is 0 Å². The Morgan fingerprint density at radius 2 is 1.87 bits per heavy atom. The van der Waals surface area contributed by atoms with Crippen molar-refractivity contribution in [2.75, 3.05) is 31.0 Å². The lowest BCUT2D eigenvalue weighted by Crippen LogP contribution is -2.40. The largest absolute Gasteiger partial charge is 0.465 e. The topological polar surface area (TPSA) is 97.8 Å². The number of benzene rings is 1. The molecule has 3 rings (SSSR count). The lowest BCUT2D eigenvalue weighted by atomic mass is 10.0. The van der Waals surface area contributed by atoms with Crippen LogP contribution in [0.25, 0.3) is 10.9 Å². The van der Waals surface area contributed by atoms with Gasteiger partial charge in [-0.25, -0.2) is 14.6 Å². The number of anilines is 2. The van der Waals surface area contributed by atoms with E-state index in [9.17, 15) is 27.6 Å². The molecule has 1 atom stereocenters. The first-order chi connectivity index (χ1) is 14.0. The third-order valence-electron chi connectivity index (χ3n) is 4.67. The Labute approximate surface area is 168 Å². The summed E-state index contributed by atoms with van der Waals surface area (Å²) in [6.45, 7) is 0.213. The highest BCUT2D eigenvalue weighted by atomic mass is 19.4. The minimum atomic E-state index is -4.52. The van der Waals surface area contributed by atoms with E-state index in [1.54, 1.807) is 0 Å². The van der Waals surface area contributed by atoms with Gasteiger partial charge in [-0.3, -0.25) is 4.79 Å². The Kier molecular flexibility index (Phi) is 5.55.